The van der Waals surface area contributed by atoms with Gasteiger partial charge in [-0.2, -0.15) is 5.10 Å². The molecule has 2 heterocycles. The Morgan fingerprint density at radius 2 is 2.11 bits per heavy atom. The number of hydrogen-bond acceptors (Lipinski definition) is 6. The number of non-ortho nitro benzene ring substituents is 1. The molecule has 1 aromatic carbocycles. The van der Waals surface area contributed by atoms with E-state index in [9.17, 15) is 23.3 Å². The number of benzene rings is 1. The van der Waals surface area contributed by atoms with Crippen molar-refractivity contribution in [3.05, 3.63) is 63.0 Å². The highest BCUT2D eigenvalue weighted by atomic mass is 32.2. The maximum Gasteiger partial charge on any atom is 0.270 e. The van der Waals surface area contributed by atoms with Gasteiger partial charge in [0, 0.05) is 29.0 Å². The zero-order valence-corrected chi connectivity index (χ0v) is 15.8. The Morgan fingerprint density at radius 3 is 2.74 bits per heavy atom. The zero-order valence-electron chi connectivity index (χ0n) is 15.0. The fraction of sp³-hybridized carbons (Fsp3) is 0.333. The van der Waals surface area contributed by atoms with Crippen LogP contribution >= 0.6 is 0 Å². The summed E-state index contributed by atoms with van der Waals surface area (Å²) >= 11 is 0. The van der Waals surface area contributed by atoms with Gasteiger partial charge in [-0.3, -0.25) is 19.6 Å². The van der Waals surface area contributed by atoms with E-state index in [1.165, 1.54) is 30.3 Å². The zero-order chi connectivity index (χ0) is 19.8. The van der Waals surface area contributed by atoms with Crippen LogP contribution < -0.4 is 0 Å². The summed E-state index contributed by atoms with van der Waals surface area (Å²) in [5, 5.41) is 15.3. The van der Waals surface area contributed by atoms with Gasteiger partial charge in [0.05, 0.1) is 28.2 Å². The summed E-state index contributed by atoms with van der Waals surface area (Å²) < 4.78 is 25.2. The molecule has 0 N–H and O–H groups in total. The van der Waals surface area contributed by atoms with Crippen molar-refractivity contribution in [2.45, 2.75) is 26.3 Å². The average Bonchev–Trinajstić information content (AvgIpc) is 3.11. The lowest BCUT2D eigenvalue weighted by Crippen LogP contribution is -2.13. The maximum atomic E-state index is 12.3. The van der Waals surface area contributed by atoms with Crippen molar-refractivity contribution < 1.29 is 18.1 Å². The number of allylic oxidation sites excluding steroid dienone is 1. The molecule has 1 aliphatic rings. The topological polar surface area (TPSA) is 112 Å². The number of aromatic nitrogens is 2. The van der Waals surface area contributed by atoms with Crippen molar-refractivity contribution in [1.29, 1.82) is 0 Å². The maximum absolute atomic E-state index is 12.3. The van der Waals surface area contributed by atoms with E-state index in [2.05, 4.69) is 5.10 Å². The van der Waals surface area contributed by atoms with Crippen LogP contribution in [0.2, 0.25) is 0 Å². The van der Waals surface area contributed by atoms with Crippen LogP contribution in [-0.2, 0) is 9.84 Å². The summed E-state index contributed by atoms with van der Waals surface area (Å²) in [4.78, 5) is 22.6. The molecule has 142 valence electrons. The van der Waals surface area contributed by atoms with Crippen LogP contribution in [0.1, 0.15) is 39.8 Å². The first-order chi connectivity index (χ1) is 12.7. The lowest BCUT2D eigenvalue weighted by molar-refractivity contribution is -0.384. The van der Waals surface area contributed by atoms with E-state index < -0.39 is 14.8 Å². The molecule has 1 aromatic heterocycles. The predicted molar refractivity (Wildman–Crippen MR) is 100 cm³/mol. The van der Waals surface area contributed by atoms with Gasteiger partial charge >= 0.3 is 0 Å². The molecule has 1 fully saturated rings. The predicted octanol–water partition coefficient (Wildman–Crippen LogP) is 2.66. The largest absolute Gasteiger partial charge is 0.289 e. The molecule has 1 atom stereocenters. The summed E-state index contributed by atoms with van der Waals surface area (Å²) in [6, 6.07) is 5.36. The van der Waals surface area contributed by atoms with E-state index in [1.54, 1.807) is 17.7 Å². The van der Waals surface area contributed by atoms with Crippen molar-refractivity contribution in [3.8, 4) is 0 Å². The quantitative estimate of drug-likeness (QED) is 0.336. The highest BCUT2D eigenvalue weighted by Gasteiger charge is 2.31. The molecular weight excluding hydrogens is 370 g/mol. The second-order valence-corrected chi connectivity index (χ2v) is 8.82. The summed E-state index contributed by atoms with van der Waals surface area (Å²) in [5.41, 5.74) is 2.32. The Morgan fingerprint density at radius 1 is 1.37 bits per heavy atom. The number of ketones is 1. The number of carbonyl (C=O) groups excluding carboxylic acids is 1. The van der Waals surface area contributed by atoms with Crippen LogP contribution in [0.15, 0.2) is 30.3 Å². The van der Waals surface area contributed by atoms with Crippen LogP contribution in [-0.4, -0.2) is 40.4 Å². The van der Waals surface area contributed by atoms with Crippen molar-refractivity contribution in [2.75, 3.05) is 11.5 Å². The Kier molecular flexibility index (Phi) is 4.97. The third-order valence-corrected chi connectivity index (χ3v) is 6.43. The monoisotopic (exact) mass is 389 g/mol. The fourth-order valence-corrected chi connectivity index (χ4v) is 4.96. The minimum atomic E-state index is -3.02. The van der Waals surface area contributed by atoms with Gasteiger partial charge < -0.3 is 0 Å². The van der Waals surface area contributed by atoms with Gasteiger partial charge in [-0.05, 0) is 32.4 Å². The number of hydrogen-bond donors (Lipinski definition) is 0. The second kappa shape index (κ2) is 7.07. The highest BCUT2D eigenvalue weighted by Crippen LogP contribution is 2.27. The lowest BCUT2D eigenvalue weighted by Gasteiger charge is -2.10. The minimum absolute atomic E-state index is 0.0741. The second-order valence-electron chi connectivity index (χ2n) is 6.59. The number of sulfone groups is 1. The van der Waals surface area contributed by atoms with Crippen LogP contribution in [0.4, 0.5) is 5.69 Å². The van der Waals surface area contributed by atoms with Crippen LogP contribution in [0, 0.1) is 24.0 Å². The third-order valence-electron chi connectivity index (χ3n) is 4.68. The number of nitro benzene ring substituents is 1. The molecule has 0 aliphatic carbocycles. The first-order valence-electron chi connectivity index (χ1n) is 8.41. The molecule has 2 aromatic rings. The van der Waals surface area contributed by atoms with E-state index in [4.69, 9.17) is 0 Å². The molecule has 0 bridgehead atoms. The highest BCUT2D eigenvalue weighted by molar-refractivity contribution is 7.91. The van der Waals surface area contributed by atoms with Gasteiger partial charge in [-0.25, -0.2) is 8.42 Å². The summed E-state index contributed by atoms with van der Waals surface area (Å²) in [7, 11) is -3.02. The molecule has 1 aliphatic heterocycles. The molecule has 1 saturated heterocycles. The average molecular weight is 389 g/mol. The molecule has 3 rings (SSSR count). The molecule has 0 radical (unpaired) electrons. The number of nitro groups is 1. The van der Waals surface area contributed by atoms with Gasteiger partial charge in [0.15, 0.2) is 15.6 Å². The normalized spacial score (nSPS) is 18.8. The van der Waals surface area contributed by atoms with Gasteiger partial charge in [0.2, 0.25) is 0 Å². The van der Waals surface area contributed by atoms with Gasteiger partial charge in [0.25, 0.3) is 5.69 Å². The van der Waals surface area contributed by atoms with Crippen LogP contribution in [0.3, 0.4) is 0 Å². The van der Waals surface area contributed by atoms with Gasteiger partial charge in [0.1, 0.15) is 0 Å². The fourth-order valence-electron chi connectivity index (χ4n) is 3.27. The van der Waals surface area contributed by atoms with Crippen LogP contribution in [0.5, 0.6) is 0 Å². The van der Waals surface area contributed by atoms with Crippen molar-refractivity contribution in [1.82, 2.24) is 9.78 Å². The molecule has 27 heavy (non-hydrogen) atoms. The molecule has 0 amide bonds. The molecule has 9 heteroatoms. The molecule has 0 saturated carbocycles. The SMILES string of the molecule is Cc1nn([C@@H]2CCS(=O)(=O)C2)c(C)c1/C=C/C(=O)c1cccc([N+](=O)[O-])c1. The lowest BCUT2D eigenvalue weighted by atomic mass is 10.1. The summed E-state index contributed by atoms with van der Waals surface area (Å²) in [6.45, 7) is 3.63. The molecule has 0 unspecified atom stereocenters. The molecule has 8 nitrogen and oxygen atoms in total. The summed E-state index contributed by atoms with van der Waals surface area (Å²) in [5.74, 6) is -0.120. The molecular formula is C18H19N3O5S. The summed E-state index contributed by atoms with van der Waals surface area (Å²) in [6.07, 6.45) is 3.50. The van der Waals surface area contributed by atoms with Crippen molar-refractivity contribution >= 4 is 27.4 Å². The van der Waals surface area contributed by atoms with Crippen molar-refractivity contribution in [3.63, 3.8) is 0 Å². The Hall–Kier alpha value is -2.81. The smallest absolute Gasteiger partial charge is 0.270 e. The first-order valence-corrected chi connectivity index (χ1v) is 10.2. The Bertz CT molecular complexity index is 1050. The number of rotatable bonds is 5. The first kappa shape index (κ1) is 19.0. The number of nitrogens with zero attached hydrogens (tertiary/aromatic N) is 3. The van der Waals surface area contributed by atoms with Gasteiger partial charge in [-0.1, -0.05) is 12.1 Å². The van der Waals surface area contributed by atoms with E-state index in [1.807, 2.05) is 6.92 Å². The number of carbonyl (C=O) groups is 1. The standard InChI is InChI=1S/C18H19N3O5S/c1-12-17(13(2)20(19-12)16-8-9-27(25,26)11-16)6-7-18(22)14-4-3-5-15(10-14)21(23)24/h3-7,10,16H,8-9,11H2,1-2H3/b7-6+/t16-/m1/s1. The van der Waals surface area contributed by atoms with E-state index in [0.717, 1.165) is 11.3 Å². The van der Waals surface area contributed by atoms with E-state index >= 15 is 0 Å². The van der Waals surface area contributed by atoms with E-state index in [0.29, 0.717) is 12.1 Å². The minimum Gasteiger partial charge on any atom is -0.289 e. The Balaban J connectivity index is 1.84. The number of aryl methyl sites for hydroxylation is 1. The van der Waals surface area contributed by atoms with Crippen LogP contribution in [0.25, 0.3) is 6.08 Å². The van der Waals surface area contributed by atoms with E-state index in [-0.39, 0.29) is 34.6 Å². The van der Waals surface area contributed by atoms with Crippen molar-refractivity contribution in [2.24, 2.45) is 0 Å². The Labute approximate surface area is 156 Å². The third kappa shape index (κ3) is 3.97. The molecule has 0 spiro atoms. The van der Waals surface area contributed by atoms with Gasteiger partial charge in [-0.15, -0.1) is 0 Å².